The Balaban J connectivity index is 0.000000266. The van der Waals surface area contributed by atoms with Crippen molar-refractivity contribution in [2.75, 3.05) is 87.2 Å². The maximum atomic E-state index is 13.9. The predicted molar refractivity (Wildman–Crippen MR) is 511 cm³/mol. The molecule has 0 spiro atoms. The van der Waals surface area contributed by atoms with Crippen molar-refractivity contribution in [2.45, 2.75) is 199 Å². The molecule has 1 fully saturated rings. The molecule has 0 aliphatic carbocycles. The number of nitrogens with one attached hydrogen (secondary N) is 12. The molecule has 2 aromatic heterocycles. The molecule has 38 nitrogen and oxygen atoms in total. The van der Waals surface area contributed by atoms with Crippen LogP contribution >= 0.6 is 0 Å². The third-order valence-electron chi connectivity index (χ3n) is 23.8. The highest BCUT2D eigenvalue weighted by Crippen LogP contribution is 2.38. The minimum absolute atomic E-state index is 0.00888. The molecule has 12 amide bonds. The lowest BCUT2D eigenvalue weighted by Gasteiger charge is -2.25. The zero-order valence-corrected chi connectivity index (χ0v) is 78.1. The summed E-state index contributed by atoms with van der Waals surface area (Å²) in [5.41, 5.74) is 8.33. The van der Waals surface area contributed by atoms with E-state index >= 15 is 0 Å². The number of carboxylic acids is 3. The van der Waals surface area contributed by atoms with Crippen molar-refractivity contribution in [1.82, 2.24) is 52.4 Å². The zero-order valence-electron chi connectivity index (χ0n) is 78.1. The number of aryl methyl sites for hydroxylation is 2. The van der Waals surface area contributed by atoms with Crippen LogP contribution in [0.1, 0.15) is 192 Å². The number of carbonyl (C=O) groups excluding carboxylic acids is 11. The number of benzene rings is 6. The Morgan fingerprint density at radius 3 is 1.34 bits per heavy atom. The van der Waals surface area contributed by atoms with Gasteiger partial charge in [0.05, 0.1) is 56.6 Å². The summed E-state index contributed by atoms with van der Waals surface area (Å²) in [4.78, 5) is 183. The number of aliphatic carboxylic acids is 3. The number of ether oxygens (including phenoxy) is 5. The molecule has 0 bridgehead atoms. The molecule has 0 radical (unpaired) electrons. The minimum atomic E-state index is -1.15. The molecular weight excluding hydrogens is 1790 g/mol. The second-order valence-corrected chi connectivity index (χ2v) is 34.6. The number of carbonyl (C=O) groups is 14. The highest BCUT2D eigenvalue weighted by Gasteiger charge is 2.60. The molecule has 6 aromatic carbocycles. The Bertz CT molecular complexity index is 5560. The fraction of sp³-hybridized carbons (Fsp3) is 0.406. The minimum Gasteiger partial charge on any atom is -0.481 e. The van der Waals surface area contributed by atoms with Crippen molar-refractivity contribution in [3.05, 3.63) is 227 Å². The summed E-state index contributed by atoms with van der Waals surface area (Å²) in [6, 6.07) is 44.6. The van der Waals surface area contributed by atoms with Crippen LogP contribution in [0.5, 0.6) is 23.0 Å². The summed E-state index contributed by atoms with van der Waals surface area (Å²) in [6.45, 7) is 8.27. The van der Waals surface area contributed by atoms with Crippen molar-refractivity contribution in [3.8, 4) is 23.0 Å². The molecule has 15 N–H and O–H groups in total. The van der Waals surface area contributed by atoms with Crippen molar-refractivity contribution >= 4 is 106 Å². The van der Waals surface area contributed by atoms with Crippen LogP contribution in [0, 0.1) is 13.8 Å². The van der Waals surface area contributed by atoms with Gasteiger partial charge in [-0.15, -0.1) is 4.57 Å². The number of hydrogen-bond acceptors (Lipinski definition) is 21. The second-order valence-electron chi connectivity index (χ2n) is 34.6. The Kier molecular flexibility index (Phi) is 40.6. The number of quaternary nitrogens is 1. The van der Waals surface area contributed by atoms with E-state index in [1.165, 1.54) is 0 Å². The number of fused-ring (bicyclic) bond motifs is 5. The van der Waals surface area contributed by atoms with E-state index in [-0.39, 0.29) is 121 Å². The summed E-state index contributed by atoms with van der Waals surface area (Å²) in [6.07, 6.45) is 11.3. The number of anilines is 4. The molecule has 4 aliphatic heterocycles. The quantitative estimate of drug-likeness (QED) is 0.00729. The lowest BCUT2D eigenvalue weighted by Crippen LogP contribution is -2.51. The summed E-state index contributed by atoms with van der Waals surface area (Å²) in [5.74, 6) is -4.69. The fourth-order valence-corrected chi connectivity index (χ4v) is 16.5. The van der Waals surface area contributed by atoms with Crippen LogP contribution in [0.3, 0.4) is 0 Å². The van der Waals surface area contributed by atoms with E-state index in [1.54, 1.807) is 103 Å². The van der Waals surface area contributed by atoms with E-state index < -0.39 is 90.6 Å². The molecule has 1 saturated heterocycles. The number of amides is 12. The van der Waals surface area contributed by atoms with Gasteiger partial charge in [0, 0.05) is 99.5 Å². The number of carboxylic acid groups (broad SMARTS) is 3. The van der Waals surface area contributed by atoms with Crippen molar-refractivity contribution < 1.29 is 115 Å². The highest BCUT2D eigenvalue weighted by molar-refractivity contribution is 6.01. The van der Waals surface area contributed by atoms with Crippen LogP contribution in [0.25, 0.3) is 0 Å². The lowest BCUT2D eigenvalue weighted by molar-refractivity contribution is -1.06. The van der Waals surface area contributed by atoms with Crippen molar-refractivity contribution in [3.63, 3.8) is 0 Å². The molecule has 6 atom stereocenters. The van der Waals surface area contributed by atoms with Crippen LogP contribution < -0.4 is 87.3 Å². The Morgan fingerprint density at radius 1 is 0.446 bits per heavy atom. The lowest BCUT2D eigenvalue weighted by atomic mass is 10.0. The number of aromatic nitrogens is 2. The average molecular weight is 1910 g/mol. The van der Waals surface area contributed by atoms with Gasteiger partial charge in [0.1, 0.15) is 12.1 Å². The summed E-state index contributed by atoms with van der Waals surface area (Å²) in [5, 5.41) is 62.4. The van der Waals surface area contributed by atoms with Crippen LogP contribution in [0.4, 0.5) is 32.3 Å². The molecule has 4 aliphatic rings. The Hall–Kier alpha value is -15.1. The topological polar surface area (TPSA) is 510 Å². The maximum absolute atomic E-state index is 13.9. The normalized spacial score (nSPS) is 14.7. The SMILES string of the molecule is Cc1ccccc1NC(=O)Nc1ccc(CC(=O)N[C@@H](CCCCNC(=O)CCC(=O)NCCCCCCN(CC(=O)O)Cc2ccccn2)C(=O)N[C@@H](CC(=O)O)c2ccc3c(c2)OCO3)cc1.Cc1ccccc1NC(=O)Nc1ccc(CC(=O)N[C@@H](CCCCNC(=O)CCC(=O)NCCCCCC[N@+]23CC(=O)OC2[n+]2ccccc2C3)C(=O)N[C@@H](CC(=O)O)c2ccc3c(c2)OCO3)cc1. The third-order valence-corrected chi connectivity index (χ3v) is 23.8. The van der Waals surface area contributed by atoms with Gasteiger partial charge in [0.25, 0.3) is 0 Å². The summed E-state index contributed by atoms with van der Waals surface area (Å²) < 4.78 is 30.0. The van der Waals surface area contributed by atoms with Gasteiger partial charge in [-0.25, -0.2) is 18.9 Å². The number of para-hydroxylation sites is 2. The van der Waals surface area contributed by atoms with E-state index in [1.807, 2.05) is 91.7 Å². The first-order chi connectivity index (χ1) is 67.1. The number of nitrogens with zero attached hydrogens (tertiary/aromatic N) is 4. The van der Waals surface area contributed by atoms with Gasteiger partial charge in [-0.1, -0.05) is 98.1 Å². The number of pyridine rings is 2. The number of esters is 1. The van der Waals surface area contributed by atoms with E-state index in [2.05, 4.69) is 79.4 Å². The first-order valence-corrected chi connectivity index (χ1v) is 47.0. The Morgan fingerprint density at radius 2 is 0.885 bits per heavy atom. The van der Waals surface area contributed by atoms with Gasteiger partial charge in [0.2, 0.25) is 66.5 Å². The number of hydrogen-bond donors (Lipinski definition) is 15. The van der Waals surface area contributed by atoms with Gasteiger partial charge in [-0.05, 0) is 203 Å². The molecule has 1 unspecified atom stereocenters. The van der Waals surface area contributed by atoms with Crippen LogP contribution in [-0.4, -0.2) is 191 Å². The van der Waals surface area contributed by atoms with Crippen molar-refractivity contribution in [2.24, 2.45) is 0 Å². The number of rotatable bonds is 54. The monoisotopic (exact) mass is 1910 g/mol. The largest absolute Gasteiger partial charge is 0.481 e. The van der Waals surface area contributed by atoms with Crippen molar-refractivity contribution in [1.29, 1.82) is 0 Å². The van der Waals surface area contributed by atoms with E-state index in [4.69, 9.17) is 23.7 Å². The second kappa shape index (κ2) is 54.0. The molecular formula is C101H124N16O22+2. The molecule has 38 heteroatoms. The van der Waals surface area contributed by atoms with Gasteiger partial charge in [0.15, 0.2) is 42.3 Å². The Labute approximate surface area is 805 Å². The van der Waals surface area contributed by atoms with Crippen LogP contribution in [-0.2, 0) is 88.2 Å². The van der Waals surface area contributed by atoms with Gasteiger partial charge in [-0.2, -0.15) is 0 Å². The van der Waals surface area contributed by atoms with Gasteiger partial charge in [-0.3, -0.25) is 62.6 Å². The standard InChI is InChI=1S/C51H60N8O11.C50H62N8O11/c1-34-12-4-5-14-39(34)57-50(67)54-37-19-16-35(17-20-37)28-46(62)55-40(49(66)56-41(30-47(63)64)36-18-21-42-43(29-36)69-33-68-42)15-6-9-25-53-45(61)23-22-44(60)52-24-8-2-3-11-27-59-31-38-13-7-10-26-58(38)51(59)70-48(65)32-59;1-34-12-4-5-14-39(34)57-50(67)54-37-19-16-35(17-20-37)28-46(61)55-40(49(66)56-41(30-47(62)63)36-18-21-42-43(29-36)69-33-68-42)15-7-10-26-53-45(60)23-22-44(59)52-25-8-2-3-11-27-58(32-48(64)65)31-38-13-6-9-24-51-38/h4-5,7,10,12-14,16-21,26,29,40-41,51H,2-3,6,8-9,11,15,22-25,27-28,30-33H2,1H3,(H5-2,52,53,54,55,56,57,60,61,62,63,64,66,67);4-6,9,12-14,16-21,24,29,40-41H,2-3,7-8,10-11,15,22-23,25-28,30-33H2,1H3,(H,52,59)(H,53,60)(H,55,61)(H,56,66)(H,62,63)(H,64,65)(H2,54,57,67)/p+2/t40-,41-,51?,59-;40-,41-/m00/s1. The van der Waals surface area contributed by atoms with Gasteiger partial charge < -0.3 is 103 Å². The smallest absolute Gasteiger partial charge is 0.448 e. The molecule has 0 saturated carbocycles. The molecule has 12 rings (SSSR count). The zero-order chi connectivity index (χ0) is 98.8. The fourth-order valence-electron chi connectivity index (χ4n) is 16.5. The third kappa shape index (κ3) is 34.9. The van der Waals surface area contributed by atoms with E-state index in [0.717, 1.165) is 87.0 Å². The first kappa shape index (κ1) is 104. The van der Waals surface area contributed by atoms with Gasteiger partial charge >= 0.3 is 42.3 Å². The van der Waals surface area contributed by atoms with E-state index in [9.17, 15) is 82.4 Å². The molecule has 8 aromatic rings. The van der Waals surface area contributed by atoms with Crippen LogP contribution in [0.15, 0.2) is 182 Å². The number of unbranched alkanes of at least 4 members (excludes halogenated alkanes) is 8. The molecule has 139 heavy (non-hydrogen) atoms. The molecule has 6 heterocycles. The highest BCUT2D eigenvalue weighted by atomic mass is 16.7. The predicted octanol–water partition coefficient (Wildman–Crippen LogP) is 10.3. The van der Waals surface area contributed by atoms with E-state index in [0.29, 0.717) is 131 Å². The summed E-state index contributed by atoms with van der Waals surface area (Å²) >= 11 is 0. The van der Waals surface area contributed by atoms with Crippen LogP contribution in [0.2, 0.25) is 0 Å². The molecule has 738 valence electrons. The average Bonchev–Trinajstić information content (AvgIpc) is 1.58. The summed E-state index contributed by atoms with van der Waals surface area (Å²) in [7, 11) is 0. The maximum Gasteiger partial charge on any atom is 0.448 e. The first-order valence-electron chi connectivity index (χ1n) is 47.0. The number of urea groups is 2.